The summed E-state index contributed by atoms with van der Waals surface area (Å²) in [5.41, 5.74) is 3.42. The lowest BCUT2D eigenvalue weighted by molar-refractivity contribution is 0.0957. The van der Waals surface area contributed by atoms with Gasteiger partial charge in [0.05, 0.1) is 15.9 Å². The number of fused-ring (bicyclic) bond motifs is 2. The van der Waals surface area contributed by atoms with Gasteiger partial charge in [0.15, 0.2) is 0 Å². The van der Waals surface area contributed by atoms with Gasteiger partial charge < -0.3 is 9.88 Å². The predicted octanol–water partition coefficient (Wildman–Crippen LogP) is 5.66. The Morgan fingerprint density at radius 3 is 2.65 bits per heavy atom. The molecule has 0 unspecified atom stereocenters. The Kier molecular flexibility index (Phi) is 5.50. The molecule has 0 aliphatic heterocycles. The van der Waals surface area contributed by atoms with Crippen molar-refractivity contribution in [3.05, 3.63) is 101 Å². The number of benzene rings is 3. The van der Waals surface area contributed by atoms with E-state index in [-0.39, 0.29) is 5.91 Å². The molecule has 0 saturated carbocycles. The van der Waals surface area contributed by atoms with Gasteiger partial charge in [0.25, 0.3) is 5.91 Å². The molecule has 0 fully saturated rings. The van der Waals surface area contributed by atoms with Crippen molar-refractivity contribution in [3.8, 4) is 0 Å². The Morgan fingerprint density at radius 1 is 0.935 bits per heavy atom. The number of carbonyl (C=O) groups is 1. The van der Waals surface area contributed by atoms with Crippen molar-refractivity contribution >= 4 is 39.0 Å². The second kappa shape index (κ2) is 8.74. The van der Waals surface area contributed by atoms with Crippen LogP contribution in [0.15, 0.2) is 84.2 Å². The van der Waals surface area contributed by atoms with Crippen LogP contribution in [0.4, 0.5) is 0 Å². The SMILES string of the molecule is O=C(NCCCc1nc2ccccc2n1Cc1ccc2ccccc2c1)c1cccs1. The second-order valence-electron chi connectivity index (χ2n) is 7.62. The summed E-state index contributed by atoms with van der Waals surface area (Å²) in [5.74, 6) is 1.05. The zero-order chi connectivity index (χ0) is 21.0. The molecule has 3 aromatic carbocycles. The second-order valence-corrected chi connectivity index (χ2v) is 8.57. The van der Waals surface area contributed by atoms with Gasteiger partial charge in [0, 0.05) is 19.5 Å². The molecular weight excluding hydrogens is 402 g/mol. The van der Waals surface area contributed by atoms with Crippen LogP contribution in [0, 0.1) is 0 Å². The summed E-state index contributed by atoms with van der Waals surface area (Å²) in [7, 11) is 0. The molecule has 0 aliphatic carbocycles. The molecule has 5 rings (SSSR count). The molecular formula is C26H23N3OS. The van der Waals surface area contributed by atoms with E-state index in [1.54, 1.807) is 0 Å². The molecule has 154 valence electrons. The number of nitrogens with zero attached hydrogens (tertiary/aromatic N) is 2. The van der Waals surface area contributed by atoms with E-state index in [1.165, 1.54) is 27.7 Å². The maximum absolute atomic E-state index is 12.2. The topological polar surface area (TPSA) is 46.9 Å². The fraction of sp³-hybridized carbons (Fsp3) is 0.154. The van der Waals surface area contributed by atoms with E-state index in [0.29, 0.717) is 6.54 Å². The van der Waals surface area contributed by atoms with Crippen LogP contribution in [-0.2, 0) is 13.0 Å². The molecule has 0 saturated heterocycles. The average molecular weight is 426 g/mol. The molecule has 0 radical (unpaired) electrons. The van der Waals surface area contributed by atoms with Gasteiger partial charge in [-0.3, -0.25) is 4.79 Å². The zero-order valence-corrected chi connectivity index (χ0v) is 17.9. The first-order valence-electron chi connectivity index (χ1n) is 10.5. The summed E-state index contributed by atoms with van der Waals surface area (Å²) in [5, 5.41) is 7.44. The Balaban J connectivity index is 1.34. The smallest absolute Gasteiger partial charge is 0.261 e. The Bertz CT molecular complexity index is 1340. The number of aromatic nitrogens is 2. The van der Waals surface area contributed by atoms with Crippen LogP contribution in [0.25, 0.3) is 21.8 Å². The number of carbonyl (C=O) groups excluding carboxylic acids is 1. The minimum absolute atomic E-state index is 0.000309. The number of imidazole rings is 1. The number of para-hydroxylation sites is 2. The van der Waals surface area contributed by atoms with Gasteiger partial charge in [-0.1, -0.05) is 54.6 Å². The van der Waals surface area contributed by atoms with Crippen molar-refractivity contribution in [1.82, 2.24) is 14.9 Å². The highest BCUT2D eigenvalue weighted by Gasteiger charge is 2.12. The maximum Gasteiger partial charge on any atom is 0.261 e. The molecule has 1 N–H and O–H groups in total. The average Bonchev–Trinajstić information content (AvgIpc) is 3.46. The third kappa shape index (κ3) is 4.23. The van der Waals surface area contributed by atoms with Crippen LogP contribution in [0.5, 0.6) is 0 Å². The third-order valence-electron chi connectivity index (χ3n) is 5.50. The summed E-state index contributed by atoms with van der Waals surface area (Å²) in [4.78, 5) is 17.8. The van der Waals surface area contributed by atoms with E-state index in [9.17, 15) is 4.79 Å². The first-order valence-corrected chi connectivity index (χ1v) is 11.4. The van der Waals surface area contributed by atoms with Crippen molar-refractivity contribution in [3.63, 3.8) is 0 Å². The first-order chi connectivity index (χ1) is 15.3. The highest BCUT2D eigenvalue weighted by molar-refractivity contribution is 7.12. The maximum atomic E-state index is 12.2. The number of hydrogen-bond acceptors (Lipinski definition) is 3. The molecule has 2 heterocycles. The van der Waals surface area contributed by atoms with Crippen LogP contribution in [0.2, 0.25) is 0 Å². The Hall–Kier alpha value is -3.44. The number of hydrogen-bond donors (Lipinski definition) is 1. The minimum Gasteiger partial charge on any atom is -0.351 e. The molecule has 5 heteroatoms. The first kappa shape index (κ1) is 19.5. The summed E-state index contributed by atoms with van der Waals surface area (Å²) in [6.45, 7) is 1.41. The molecule has 4 nitrogen and oxygen atoms in total. The van der Waals surface area contributed by atoms with E-state index in [1.807, 2.05) is 23.6 Å². The van der Waals surface area contributed by atoms with E-state index < -0.39 is 0 Å². The summed E-state index contributed by atoms with van der Waals surface area (Å²) < 4.78 is 2.31. The molecule has 0 bridgehead atoms. The number of aryl methyl sites for hydroxylation is 1. The van der Waals surface area contributed by atoms with E-state index in [4.69, 9.17) is 4.98 Å². The normalized spacial score (nSPS) is 11.2. The fourth-order valence-corrected chi connectivity index (χ4v) is 4.60. The molecule has 0 atom stereocenters. The molecule has 31 heavy (non-hydrogen) atoms. The predicted molar refractivity (Wildman–Crippen MR) is 128 cm³/mol. The van der Waals surface area contributed by atoms with E-state index in [2.05, 4.69) is 70.5 Å². The van der Waals surface area contributed by atoms with Crippen LogP contribution >= 0.6 is 11.3 Å². The number of nitrogens with one attached hydrogen (secondary N) is 1. The largest absolute Gasteiger partial charge is 0.351 e. The van der Waals surface area contributed by atoms with E-state index in [0.717, 1.165) is 41.1 Å². The van der Waals surface area contributed by atoms with Gasteiger partial charge in [0.1, 0.15) is 5.82 Å². The van der Waals surface area contributed by atoms with Crippen molar-refractivity contribution < 1.29 is 4.79 Å². The molecule has 2 aromatic heterocycles. The molecule has 1 amide bonds. The van der Waals surface area contributed by atoms with Crippen molar-refractivity contribution in [2.45, 2.75) is 19.4 Å². The highest BCUT2D eigenvalue weighted by Crippen LogP contribution is 2.21. The van der Waals surface area contributed by atoms with Crippen molar-refractivity contribution in [1.29, 1.82) is 0 Å². The Labute approximate surface area is 185 Å². The van der Waals surface area contributed by atoms with Gasteiger partial charge >= 0.3 is 0 Å². The van der Waals surface area contributed by atoms with Crippen LogP contribution in [-0.4, -0.2) is 22.0 Å². The van der Waals surface area contributed by atoms with Gasteiger partial charge in [-0.2, -0.15) is 0 Å². The molecule has 0 aliphatic rings. The highest BCUT2D eigenvalue weighted by atomic mass is 32.1. The number of rotatable bonds is 7. The van der Waals surface area contributed by atoms with Crippen LogP contribution in [0.3, 0.4) is 0 Å². The lowest BCUT2D eigenvalue weighted by Gasteiger charge is -2.11. The zero-order valence-electron chi connectivity index (χ0n) is 17.1. The van der Waals surface area contributed by atoms with Crippen LogP contribution < -0.4 is 5.32 Å². The van der Waals surface area contributed by atoms with Crippen LogP contribution in [0.1, 0.15) is 27.5 Å². The monoisotopic (exact) mass is 425 g/mol. The standard InChI is InChI=1S/C26H23N3OS/c30-26(24-11-6-16-31-24)27-15-5-12-25-28-22-9-3-4-10-23(22)29(25)18-19-13-14-20-7-1-2-8-21(20)17-19/h1-4,6-11,13-14,16-17H,5,12,15,18H2,(H,27,30). The van der Waals surface area contributed by atoms with Gasteiger partial charge in [-0.05, 0) is 52.4 Å². The quantitative estimate of drug-likeness (QED) is 0.342. The number of thiophene rings is 1. The van der Waals surface area contributed by atoms with Gasteiger partial charge in [-0.25, -0.2) is 4.98 Å². The summed E-state index contributed by atoms with van der Waals surface area (Å²) in [6.07, 6.45) is 1.66. The van der Waals surface area contributed by atoms with Crippen molar-refractivity contribution in [2.75, 3.05) is 6.54 Å². The number of amides is 1. The molecule has 0 spiro atoms. The van der Waals surface area contributed by atoms with Gasteiger partial charge in [-0.15, -0.1) is 11.3 Å². The van der Waals surface area contributed by atoms with Gasteiger partial charge in [0.2, 0.25) is 0 Å². The van der Waals surface area contributed by atoms with E-state index >= 15 is 0 Å². The molecule has 5 aromatic rings. The van der Waals surface area contributed by atoms with Crippen molar-refractivity contribution in [2.24, 2.45) is 0 Å². The fourth-order valence-electron chi connectivity index (χ4n) is 3.96. The Morgan fingerprint density at radius 2 is 1.77 bits per heavy atom. The minimum atomic E-state index is -0.000309. The lowest BCUT2D eigenvalue weighted by atomic mass is 10.1. The summed E-state index contributed by atoms with van der Waals surface area (Å²) >= 11 is 1.46. The lowest BCUT2D eigenvalue weighted by Crippen LogP contribution is -2.24. The summed E-state index contributed by atoms with van der Waals surface area (Å²) in [6, 6.07) is 27.1. The third-order valence-corrected chi connectivity index (χ3v) is 6.36.